The number of nitrogens with one attached hydrogen (secondary N) is 3. The Morgan fingerprint density at radius 3 is 2.62 bits per heavy atom. The minimum Gasteiger partial charge on any atom is -0.378 e. The van der Waals surface area contributed by atoms with Crippen LogP contribution in [0.2, 0.25) is 0 Å². The van der Waals surface area contributed by atoms with Crippen molar-refractivity contribution in [1.29, 1.82) is 0 Å². The van der Waals surface area contributed by atoms with Crippen LogP contribution in [0.3, 0.4) is 0 Å². The average molecular weight is 368 g/mol. The molecule has 2 fully saturated rings. The summed E-state index contributed by atoms with van der Waals surface area (Å²) in [7, 11) is 0. The molecule has 0 unspecified atom stereocenters. The number of halogens is 2. The van der Waals surface area contributed by atoms with Crippen molar-refractivity contribution in [2.24, 2.45) is 0 Å². The molecule has 26 heavy (non-hydrogen) atoms. The lowest BCUT2D eigenvalue weighted by atomic mass is 10.1. The van der Waals surface area contributed by atoms with Gasteiger partial charge in [-0.15, -0.1) is 0 Å². The molecule has 142 valence electrons. The van der Waals surface area contributed by atoms with Gasteiger partial charge in [-0.2, -0.15) is 0 Å². The van der Waals surface area contributed by atoms with Crippen molar-refractivity contribution in [2.75, 3.05) is 13.2 Å². The monoisotopic (exact) mass is 368 g/mol. The Balaban J connectivity index is 1.64. The molecule has 3 rings (SSSR count). The summed E-state index contributed by atoms with van der Waals surface area (Å²) in [5.74, 6) is -0.298. The number of rotatable bonds is 4. The molecule has 1 aromatic rings. The zero-order valence-corrected chi connectivity index (χ0v) is 14.6. The Morgan fingerprint density at radius 2 is 2.00 bits per heavy atom. The van der Waals surface area contributed by atoms with E-state index in [1.807, 2.05) is 6.92 Å². The molecule has 2 heterocycles. The average Bonchev–Trinajstić information content (AvgIpc) is 2.58. The molecule has 0 radical (unpaired) electrons. The first-order valence-corrected chi connectivity index (χ1v) is 8.51. The van der Waals surface area contributed by atoms with Gasteiger partial charge in [0.15, 0.2) is 6.29 Å². The van der Waals surface area contributed by atoms with Crippen molar-refractivity contribution in [3.63, 3.8) is 0 Å². The summed E-state index contributed by atoms with van der Waals surface area (Å²) >= 11 is 0. The molecule has 3 atom stereocenters. The van der Waals surface area contributed by atoms with Crippen LogP contribution in [-0.2, 0) is 4.74 Å². The summed E-state index contributed by atoms with van der Waals surface area (Å²) < 4.78 is 32.4. The topological polar surface area (TPSA) is 82.7 Å². The maximum atomic E-state index is 14.0. The number of alkyl halides is 1. The van der Waals surface area contributed by atoms with E-state index >= 15 is 0 Å². The molecule has 7 nitrogen and oxygen atoms in total. The van der Waals surface area contributed by atoms with E-state index in [1.165, 1.54) is 6.07 Å². The molecular formula is C17H22F2N4O3. The molecule has 0 aliphatic carbocycles. The molecule has 9 heteroatoms. The largest absolute Gasteiger partial charge is 0.378 e. The quantitative estimate of drug-likeness (QED) is 0.758. The molecule has 4 amide bonds. The Bertz CT molecular complexity index is 685. The number of benzene rings is 1. The summed E-state index contributed by atoms with van der Waals surface area (Å²) in [6, 6.07) is 2.27. The van der Waals surface area contributed by atoms with Gasteiger partial charge < -0.3 is 15.4 Å². The molecule has 2 aliphatic heterocycles. The third kappa shape index (κ3) is 3.78. The lowest BCUT2D eigenvalue weighted by Gasteiger charge is -2.40. The van der Waals surface area contributed by atoms with E-state index < -0.39 is 30.6 Å². The van der Waals surface area contributed by atoms with Crippen LogP contribution in [0.15, 0.2) is 18.2 Å². The van der Waals surface area contributed by atoms with Crippen molar-refractivity contribution in [3.05, 3.63) is 35.1 Å². The molecule has 2 saturated heterocycles. The van der Waals surface area contributed by atoms with Crippen molar-refractivity contribution in [1.82, 2.24) is 20.9 Å². The van der Waals surface area contributed by atoms with Crippen LogP contribution in [0.25, 0.3) is 0 Å². The number of imide groups is 1. The highest BCUT2D eigenvalue weighted by atomic mass is 19.1. The summed E-state index contributed by atoms with van der Waals surface area (Å²) in [4.78, 5) is 25.5. The van der Waals surface area contributed by atoms with Gasteiger partial charge in [-0.05, 0) is 37.5 Å². The fourth-order valence-electron chi connectivity index (χ4n) is 3.17. The maximum Gasteiger partial charge on any atom is 0.328 e. The SMILES string of the molecule is Cc1cc([C@H](C)NC2NC(=O)N([C@@H]3CCOC[C@@H]3F)C(=O)N2)ccc1F. The van der Waals surface area contributed by atoms with Crippen molar-refractivity contribution in [2.45, 2.75) is 44.8 Å². The molecular weight excluding hydrogens is 346 g/mol. The molecule has 0 saturated carbocycles. The number of carbonyl (C=O) groups is 2. The third-order valence-corrected chi connectivity index (χ3v) is 4.66. The highest BCUT2D eigenvalue weighted by Crippen LogP contribution is 2.21. The molecule has 1 aromatic carbocycles. The first kappa shape index (κ1) is 18.5. The van der Waals surface area contributed by atoms with Gasteiger partial charge in [0.2, 0.25) is 0 Å². The fourth-order valence-corrected chi connectivity index (χ4v) is 3.17. The minimum absolute atomic E-state index is 0.135. The first-order chi connectivity index (χ1) is 12.4. The normalized spacial score (nSPS) is 25.6. The van der Waals surface area contributed by atoms with Gasteiger partial charge in [0.1, 0.15) is 12.0 Å². The van der Waals surface area contributed by atoms with Crippen molar-refractivity contribution >= 4 is 12.1 Å². The standard InChI is InChI=1S/C17H22F2N4O3/c1-9-7-11(3-4-12(9)18)10(2)20-15-21-16(24)23(17(25)22-15)14-5-6-26-8-13(14)19/h3-4,7,10,13-15,20H,5-6,8H2,1-2H3,(H,21,24)(H,22,25)/t10-,13-,14+/m0/s1. The minimum atomic E-state index is -1.41. The van der Waals surface area contributed by atoms with Crippen LogP contribution in [-0.4, -0.2) is 48.7 Å². The van der Waals surface area contributed by atoms with Gasteiger partial charge in [-0.1, -0.05) is 12.1 Å². The predicted molar refractivity (Wildman–Crippen MR) is 89.5 cm³/mol. The number of ether oxygens (including phenoxy) is 1. The van der Waals surface area contributed by atoms with Gasteiger partial charge in [0.25, 0.3) is 0 Å². The summed E-state index contributed by atoms with van der Waals surface area (Å²) in [6.07, 6.45) is -1.97. The lowest BCUT2D eigenvalue weighted by molar-refractivity contribution is -0.0102. The molecule has 3 N–H and O–H groups in total. The van der Waals surface area contributed by atoms with E-state index in [1.54, 1.807) is 19.1 Å². The van der Waals surface area contributed by atoms with E-state index in [2.05, 4.69) is 16.0 Å². The second-order valence-electron chi connectivity index (χ2n) is 6.55. The van der Waals surface area contributed by atoms with Gasteiger partial charge >= 0.3 is 12.1 Å². The van der Waals surface area contributed by atoms with Crippen LogP contribution in [0, 0.1) is 12.7 Å². The van der Waals surface area contributed by atoms with E-state index in [4.69, 9.17) is 4.74 Å². The van der Waals surface area contributed by atoms with Crippen LogP contribution in [0.4, 0.5) is 18.4 Å². The highest BCUT2D eigenvalue weighted by molar-refractivity contribution is 5.96. The summed E-state index contributed by atoms with van der Waals surface area (Å²) in [5, 5.41) is 8.25. The lowest BCUT2D eigenvalue weighted by Crippen LogP contribution is -2.71. The zero-order chi connectivity index (χ0) is 18.8. The molecule has 0 aromatic heterocycles. The number of hydrogen-bond donors (Lipinski definition) is 3. The Morgan fingerprint density at radius 1 is 1.31 bits per heavy atom. The highest BCUT2D eigenvalue weighted by Gasteiger charge is 2.41. The second kappa shape index (κ2) is 7.55. The smallest absolute Gasteiger partial charge is 0.328 e. The van der Waals surface area contributed by atoms with Crippen LogP contribution in [0.1, 0.15) is 30.5 Å². The zero-order valence-electron chi connectivity index (χ0n) is 14.6. The Kier molecular flexibility index (Phi) is 5.38. The number of hydrogen-bond acceptors (Lipinski definition) is 4. The first-order valence-electron chi connectivity index (χ1n) is 8.51. The molecule has 2 aliphatic rings. The van der Waals surface area contributed by atoms with Crippen LogP contribution >= 0.6 is 0 Å². The van der Waals surface area contributed by atoms with E-state index in [9.17, 15) is 18.4 Å². The Labute approximate surface area is 150 Å². The summed E-state index contributed by atoms with van der Waals surface area (Å²) in [6.45, 7) is 3.65. The number of aryl methyl sites for hydroxylation is 1. The number of amides is 4. The number of carbonyl (C=O) groups excluding carboxylic acids is 2. The van der Waals surface area contributed by atoms with E-state index in [0.717, 1.165) is 10.5 Å². The van der Waals surface area contributed by atoms with E-state index in [0.29, 0.717) is 12.2 Å². The third-order valence-electron chi connectivity index (χ3n) is 4.66. The van der Waals surface area contributed by atoms with Crippen LogP contribution < -0.4 is 16.0 Å². The molecule has 0 spiro atoms. The van der Waals surface area contributed by atoms with E-state index in [-0.39, 0.29) is 24.9 Å². The number of urea groups is 2. The van der Waals surface area contributed by atoms with Gasteiger partial charge in [0, 0.05) is 12.6 Å². The second-order valence-corrected chi connectivity index (χ2v) is 6.55. The predicted octanol–water partition coefficient (Wildman–Crippen LogP) is 1.93. The Hall–Kier alpha value is -2.26. The van der Waals surface area contributed by atoms with Gasteiger partial charge in [-0.25, -0.2) is 23.3 Å². The van der Waals surface area contributed by atoms with Gasteiger partial charge in [-0.3, -0.25) is 5.32 Å². The van der Waals surface area contributed by atoms with Crippen LogP contribution in [0.5, 0.6) is 0 Å². The molecule has 0 bridgehead atoms. The maximum absolute atomic E-state index is 14.0. The number of nitrogens with zero attached hydrogens (tertiary/aromatic N) is 1. The fraction of sp³-hybridized carbons (Fsp3) is 0.529. The van der Waals surface area contributed by atoms with Gasteiger partial charge in [0.05, 0.1) is 12.6 Å². The summed E-state index contributed by atoms with van der Waals surface area (Å²) in [5.41, 5.74) is 1.32. The van der Waals surface area contributed by atoms with Crippen molar-refractivity contribution < 1.29 is 23.1 Å². The van der Waals surface area contributed by atoms with Crippen molar-refractivity contribution in [3.8, 4) is 0 Å².